The van der Waals surface area contributed by atoms with Crippen molar-refractivity contribution >= 4 is 16.9 Å². The quantitative estimate of drug-likeness (QED) is 0.401. The Balaban J connectivity index is 1.89. The zero-order chi connectivity index (χ0) is 15.4. The second-order valence-corrected chi connectivity index (χ2v) is 4.99. The van der Waals surface area contributed by atoms with Crippen molar-refractivity contribution in [2.24, 2.45) is 0 Å². The molecular formula is C11H12N6O5. The number of ether oxygens (including phenoxy) is 1. The highest BCUT2D eigenvalue weighted by Gasteiger charge is 2.44. The van der Waals surface area contributed by atoms with E-state index in [2.05, 4.69) is 20.1 Å². The highest BCUT2D eigenvalue weighted by Crippen LogP contribution is 2.30. The number of nitrogens with one attached hydrogen (secondary N) is 1. The van der Waals surface area contributed by atoms with Crippen molar-refractivity contribution in [3.63, 3.8) is 0 Å². The van der Waals surface area contributed by atoms with Crippen LogP contribution in [0.2, 0.25) is 0 Å². The third-order valence-corrected chi connectivity index (χ3v) is 3.74. The largest absolute Gasteiger partial charge is 0.394 e. The van der Waals surface area contributed by atoms with E-state index in [0.29, 0.717) is 0 Å². The average Bonchev–Trinajstić information content (AvgIpc) is 3.20. The molecule has 4 heterocycles. The lowest BCUT2D eigenvalue weighted by atomic mass is 10.1. The van der Waals surface area contributed by atoms with Crippen molar-refractivity contribution in [2.45, 2.75) is 24.5 Å². The molecule has 11 nitrogen and oxygen atoms in total. The van der Waals surface area contributed by atoms with Gasteiger partial charge in [-0.2, -0.15) is 9.50 Å². The highest BCUT2D eigenvalue weighted by atomic mass is 16.6. The molecule has 11 heteroatoms. The smallest absolute Gasteiger partial charge is 0.302 e. The first-order valence-corrected chi connectivity index (χ1v) is 6.53. The number of aromatic nitrogens is 6. The van der Waals surface area contributed by atoms with E-state index in [4.69, 9.17) is 9.84 Å². The van der Waals surface area contributed by atoms with E-state index < -0.39 is 36.7 Å². The summed E-state index contributed by atoms with van der Waals surface area (Å²) < 4.78 is 7.90. The van der Waals surface area contributed by atoms with Gasteiger partial charge in [0, 0.05) is 0 Å². The molecule has 0 unspecified atom stereocenters. The number of aromatic amines is 1. The zero-order valence-electron chi connectivity index (χ0n) is 11.1. The fraction of sp³-hybridized carbons (Fsp3) is 0.455. The van der Waals surface area contributed by atoms with Crippen molar-refractivity contribution in [1.82, 2.24) is 29.1 Å². The van der Waals surface area contributed by atoms with Crippen molar-refractivity contribution < 1.29 is 20.1 Å². The number of H-pyrrole nitrogens is 1. The third kappa shape index (κ3) is 1.64. The summed E-state index contributed by atoms with van der Waals surface area (Å²) in [4.78, 5) is 24.3. The van der Waals surface area contributed by atoms with Crippen LogP contribution in [0.25, 0.3) is 16.9 Å². The van der Waals surface area contributed by atoms with Crippen LogP contribution >= 0.6 is 0 Å². The summed E-state index contributed by atoms with van der Waals surface area (Å²) in [5.74, 6) is 0.144. The fourth-order valence-corrected chi connectivity index (χ4v) is 2.60. The molecule has 4 N–H and O–H groups in total. The van der Waals surface area contributed by atoms with Crippen LogP contribution in [0, 0.1) is 0 Å². The molecule has 116 valence electrons. The first-order chi connectivity index (χ1) is 10.6. The van der Waals surface area contributed by atoms with Gasteiger partial charge in [0.25, 0.3) is 5.78 Å². The van der Waals surface area contributed by atoms with Gasteiger partial charge in [-0.3, -0.25) is 14.5 Å². The van der Waals surface area contributed by atoms with Crippen LogP contribution in [0.3, 0.4) is 0 Å². The Bertz CT molecular complexity index is 899. The van der Waals surface area contributed by atoms with E-state index in [1.807, 2.05) is 0 Å². The predicted octanol–water partition coefficient (Wildman–Crippen LogP) is -2.62. The Morgan fingerprint density at radius 3 is 2.86 bits per heavy atom. The van der Waals surface area contributed by atoms with Crippen molar-refractivity contribution in [3.05, 3.63) is 23.0 Å². The minimum absolute atomic E-state index is 0.0690. The molecular weight excluding hydrogens is 296 g/mol. The Kier molecular flexibility index (Phi) is 2.77. The summed E-state index contributed by atoms with van der Waals surface area (Å²) >= 11 is 0. The Hall–Kier alpha value is -2.34. The average molecular weight is 308 g/mol. The molecule has 1 saturated heterocycles. The molecule has 0 aromatic carbocycles. The maximum atomic E-state index is 12.2. The van der Waals surface area contributed by atoms with E-state index in [0.717, 1.165) is 4.52 Å². The number of imidazole rings is 1. The number of hydrogen-bond donors (Lipinski definition) is 4. The van der Waals surface area contributed by atoms with E-state index in [9.17, 15) is 15.0 Å². The van der Waals surface area contributed by atoms with Gasteiger partial charge in [0.05, 0.1) is 12.9 Å². The second-order valence-electron chi connectivity index (χ2n) is 4.99. The summed E-state index contributed by atoms with van der Waals surface area (Å²) in [6, 6.07) is 0. The molecule has 22 heavy (non-hydrogen) atoms. The van der Waals surface area contributed by atoms with Crippen LogP contribution < -0.4 is 5.56 Å². The summed E-state index contributed by atoms with van der Waals surface area (Å²) in [7, 11) is 0. The van der Waals surface area contributed by atoms with Crippen molar-refractivity contribution in [2.75, 3.05) is 6.61 Å². The molecule has 0 bridgehead atoms. The van der Waals surface area contributed by atoms with Gasteiger partial charge in [-0.05, 0) is 0 Å². The van der Waals surface area contributed by atoms with Crippen LogP contribution in [0.5, 0.6) is 0 Å². The normalized spacial score (nSPS) is 28.9. The van der Waals surface area contributed by atoms with Gasteiger partial charge in [-0.1, -0.05) is 0 Å². The number of aliphatic hydroxyl groups excluding tert-OH is 3. The molecule has 1 aliphatic rings. The van der Waals surface area contributed by atoms with Crippen molar-refractivity contribution in [1.29, 1.82) is 0 Å². The van der Waals surface area contributed by atoms with Gasteiger partial charge in [0.2, 0.25) is 0 Å². The molecule has 3 aromatic heterocycles. The number of fused-ring (bicyclic) bond motifs is 2. The maximum absolute atomic E-state index is 12.2. The van der Waals surface area contributed by atoms with E-state index in [1.54, 1.807) is 0 Å². The van der Waals surface area contributed by atoms with Gasteiger partial charge in [-0.15, -0.1) is 0 Å². The molecule has 3 aromatic rings. The zero-order valence-corrected chi connectivity index (χ0v) is 11.1. The van der Waals surface area contributed by atoms with Crippen LogP contribution in [-0.4, -0.2) is 69.4 Å². The number of nitrogens with zero attached hydrogens (tertiary/aromatic N) is 5. The Morgan fingerprint density at radius 2 is 2.14 bits per heavy atom. The molecule has 0 spiro atoms. The topological polar surface area (TPSA) is 151 Å². The predicted molar refractivity (Wildman–Crippen MR) is 69.9 cm³/mol. The maximum Gasteiger partial charge on any atom is 0.302 e. The molecule has 1 fully saturated rings. The van der Waals surface area contributed by atoms with Gasteiger partial charge in [-0.25, -0.2) is 9.97 Å². The first kappa shape index (κ1) is 13.3. The van der Waals surface area contributed by atoms with Gasteiger partial charge < -0.3 is 20.1 Å². The molecule has 0 aliphatic carbocycles. The monoisotopic (exact) mass is 308 g/mol. The SMILES string of the molecule is O=c1c2ncn([C@@H]3O[C@H](CO)[C@@H](O)[C@H]3O)c2nc2nc[nH]n12. The van der Waals surface area contributed by atoms with Crippen LogP contribution in [0.1, 0.15) is 6.23 Å². The molecule has 4 atom stereocenters. The van der Waals surface area contributed by atoms with Crippen LogP contribution in [0.15, 0.2) is 17.4 Å². The molecule has 0 radical (unpaired) electrons. The lowest BCUT2D eigenvalue weighted by Crippen LogP contribution is -2.33. The lowest BCUT2D eigenvalue weighted by Gasteiger charge is -2.16. The summed E-state index contributed by atoms with van der Waals surface area (Å²) in [5, 5.41) is 31.6. The fourth-order valence-electron chi connectivity index (χ4n) is 2.60. The third-order valence-electron chi connectivity index (χ3n) is 3.74. The second kappa shape index (κ2) is 4.58. The van der Waals surface area contributed by atoms with Crippen LogP contribution in [-0.2, 0) is 4.74 Å². The van der Waals surface area contributed by atoms with E-state index in [1.165, 1.54) is 17.2 Å². The summed E-state index contributed by atoms with van der Waals surface area (Å²) in [5.41, 5.74) is -0.200. The standard InChI is InChI=1S/C11H12N6O5/c18-1-4-6(19)7(20)10(22-4)16-3-13-5-8(16)15-11-12-2-14-17(11)9(5)21/h2-4,6-7,10,18-20H,1H2,(H,12,14,15)/t4-,6-,7-,10-/m1/s1. The van der Waals surface area contributed by atoms with Gasteiger partial charge >= 0.3 is 5.56 Å². The minimum Gasteiger partial charge on any atom is -0.394 e. The summed E-state index contributed by atoms with van der Waals surface area (Å²) in [6.45, 7) is -0.443. The van der Waals surface area contributed by atoms with Gasteiger partial charge in [0.1, 0.15) is 24.6 Å². The van der Waals surface area contributed by atoms with E-state index in [-0.39, 0.29) is 16.9 Å². The minimum atomic E-state index is -1.28. The molecule has 4 rings (SSSR count). The molecule has 0 amide bonds. The number of hydrogen-bond acceptors (Lipinski definition) is 8. The lowest BCUT2D eigenvalue weighted by molar-refractivity contribution is -0.0511. The number of aliphatic hydroxyl groups is 3. The molecule has 1 aliphatic heterocycles. The molecule has 0 saturated carbocycles. The first-order valence-electron chi connectivity index (χ1n) is 6.53. The highest BCUT2D eigenvalue weighted by molar-refractivity contribution is 5.71. The summed E-state index contributed by atoms with van der Waals surface area (Å²) in [6.07, 6.45) is -1.85. The Labute approximate surface area is 121 Å². The number of rotatable bonds is 2. The van der Waals surface area contributed by atoms with E-state index >= 15 is 0 Å². The van der Waals surface area contributed by atoms with Crippen molar-refractivity contribution in [3.8, 4) is 0 Å². The van der Waals surface area contributed by atoms with Crippen LogP contribution in [0.4, 0.5) is 0 Å². The Morgan fingerprint density at radius 1 is 1.32 bits per heavy atom. The van der Waals surface area contributed by atoms with Gasteiger partial charge in [0.15, 0.2) is 17.4 Å².